The topological polar surface area (TPSA) is 52.6 Å². The highest BCUT2D eigenvalue weighted by Crippen LogP contribution is 2.34. The minimum atomic E-state index is -1.43. The van der Waals surface area contributed by atoms with Crippen LogP contribution in [-0.4, -0.2) is 18.5 Å². The number of para-hydroxylation sites is 1. The summed E-state index contributed by atoms with van der Waals surface area (Å²) in [5, 5.41) is 0.390. The van der Waals surface area contributed by atoms with Crippen molar-refractivity contribution in [1.82, 2.24) is 0 Å². The lowest BCUT2D eigenvalue weighted by molar-refractivity contribution is -0.164. The van der Waals surface area contributed by atoms with E-state index in [9.17, 15) is 9.59 Å². The van der Waals surface area contributed by atoms with Crippen LogP contribution in [0, 0.1) is 5.41 Å². The molecule has 0 spiro atoms. The summed E-state index contributed by atoms with van der Waals surface area (Å²) in [6.07, 6.45) is 0. The third-order valence-electron chi connectivity index (χ3n) is 2.41. The van der Waals surface area contributed by atoms with Gasteiger partial charge < -0.3 is 9.47 Å². The molecule has 0 fully saturated rings. The molecule has 4 nitrogen and oxygen atoms in total. The van der Waals surface area contributed by atoms with Crippen LogP contribution in [0.25, 0.3) is 0 Å². The molecule has 0 aliphatic rings. The zero-order valence-electron chi connectivity index (χ0n) is 10.8. The van der Waals surface area contributed by atoms with Crippen molar-refractivity contribution in [3.05, 3.63) is 28.2 Å². The molecule has 0 atom stereocenters. The fraction of sp³-hybridized carbons (Fsp3) is 0.385. The Labute approximate surface area is 121 Å². The lowest BCUT2D eigenvalue weighted by Crippen LogP contribution is -2.38. The lowest BCUT2D eigenvalue weighted by atomic mass is 9.94. The van der Waals surface area contributed by atoms with Crippen LogP contribution < -0.4 is 4.74 Å². The molecule has 104 valence electrons. The van der Waals surface area contributed by atoms with Gasteiger partial charge in [0.1, 0.15) is 0 Å². The lowest BCUT2D eigenvalue weighted by Gasteiger charge is -2.20. The summed E-state index contributed by atoms with van der Waals surface area (Å²) >= 11 is 11.8. The van der Waals surface area contributed by atoms with Crippen molar-refractivity contribution in [2.45, 2.75) is 20.8 Å². The number of esters is 2. The molecule has 0 amide bonds. The van der Waals surface area contributed by atoms with Gasteiger partial charge in [-0.25, -0.2) is 0 Å². The van der Waals surface area contributed by atoms with E-state index in [-0.39, 0.29) is 22.4 Å². The molecular formula is C13H14Cl2O4. The van der Waals surface area contributed by atoms with Crippen molar-refractivity contribution < 1.29 is 19.1 Å². The van der Waals surface area contributed by atoms with Gasteiger partial charge in [-0.2, -0.15) is 0 Å². The standard InChI is InChI=1S/C13H14Cl2O4/c1-4-18-11(16)13(2,3)12(17)19-10-8(14)6-5-7-9(10)15/h5-7H,4H2,1-3H3. The molecule has 0 N–H and O–H groups in total. The Morgan fingerprint density at radius 3 is 2.16 bits per heavy atom. The first kappa shape index (κ1) is 15.8. The molecule has 0 bridgehead atoms. The average Bonchev–Trinajstić information content (AvgIpc) is 2.34. The highest BCUT2D eigenvalue weighted by molar-refractivity contribution is 6.37. The SMILES string of the molecule is CCOC(=O)C(C)(C)C(=O)Oc1c(Cl)cccc1Cl. The molecular weight excluding hydrogens is 291 g/mol. The van der Waals surface area contributed by atoms with Crippen molar-refractivity contribution >= 4 is 35.1 Å². The molecule has 6 heteroatoms. The molecule has 0 saturated carbocycles. The summed E-state index contributed by atoms with van der Waals surface area (Å²) in [7, 11) is 0. The molecule has 0 saturated heterocycles. The second-order valence-electron chi connectivity index (χ2n) is 4.29. The monoisotopic (exact) mass is 304 g/mol. The second kappa shape index (κ2) is 6.26. The first-order valence-electron chi connectivity index (χ1n) is 5.64. The van der Waals surface area contributed by atoms with Gasteiger partial charge in [0.15, 0.2) is 11.2 Å². The predicted molar refractivity (Wildman–Crippen MR) is 72.5 cm³/mol. The van der Waals surface area contributed by atoms with E-state index in [0.717, 1.165) is 0 Å². The predicted octanol–water partition coefficient (Wildman–Crippen LogP) is 3.49. The Hall–Kier alpha value is -1.26. The summed E-state index contributed by atoms with van der Waals surface area (Å²) < 4.78 is 9.92. The van der Waals surface area contributed by atoms with Crippen molar-refractivity contribution in [1.29, 1.82) is 0 Å². The summed E-state index contributed by atoms with van der Waals surface area (Å²) in [5.74, 6) is -1.41. The smallest absolute Gasteiger partial charge is 0.328 e. The van der Waals surface area contributed by atoms with Gasteiger partial charge in [0.2, 0.25) is 0 Å². The normalized spacial score (nSPS) is 11.0. The van der Waals surface area contributed by atoms with Gasteiger partial charge in [-0.3, -0.25) is 9.59 Å². The van der Waals surface area contributed by atoms with Crippen LogP contribution in [-0.2, 0) is 14.3 Å². The Bertz CT molecular complexity index is 477. The van der Waals surface area contributed by atoms with Crippen molar-refractivity contribution in [3.63, 3.8) is 0 Å². The number of halogens is 2. The minimum absolute atomic E-state index is 0.0354. The third-order valence-corrected chi connectivity index (χ3v) is 3.01. The largest absolute Gasteiger partial charge is 0.465 e. The maximum Gasteiger partial charge on any atom is 0.328 e. The molecule has 0 unspecified atom stereocenters. The Kier molecular flexibility index (Phi) is 5.20. The third kappa shape index (κ3) is 3.61. The molecule has 0 heterocycles. The Morgan fingerprint density at radius 2 is 1.68 bits per heavy atom. The number of ether oxygens (including phenoxy) is 2. The van der Waals surface area contributed by atoms with E-state index in [4.69, 9.17) is 32.7 Å². The van der Waals surface area contributed by atoms with E-state index in [1.807, 2.05) is 0 Å². The van der Waals surface area contributed by atoms with Crippen molar-refractivity contribution in [2.75, 3.05) is 6.61 Å². The van der Waals surface area contributed by atoms with E-state index >= 15 is 0 Å². The van der Waals surface area contributed by atoms with E-state index in [2.05, 4.69) is 0 Å². The number of hydrogen-bond acceptors (Lipinski definition) is 4. The summed E-state index contributed by atoms with van der Waals surface area (Å²) in [4.78, 5) is 23.7. The van der Waals surface area contributed by atoms with Crippen LogP contribution in [0.5, 0.6) is 5.75 Å². The van der Waals surface area contributed by atoms with Crippen LogP contribution in [0.4, 0.5) is 0 Å². The first-order valence-corrected chi connectivity index (χ1v) is 6.39. The molecule has 0 aliphatic carbocycles. The fourth-order valence-corrected chi connectivity index (χ4v) is 1.67. The zero-order chi connectivity index (χ0) is 14.6. The minimum Gasteiger partial charge on any atom is -0.465 e. The number of benzene rings is 1. The highest BCUT2D eigenvalue weighted by Gasteiger charge is 2.40. The van der Waals surface area contributed by atoms with Crippen molar-refractivity contribution in [2.24, 2.45) is 5.41 Å². The molecule has 1 aromatic rings. The van der Waals surface area contributed by atoms with E-state index in [0.29, 0.717) is 0 Å². The molecule has 1 aromatic carbocycles. The van der Waals surface area contributed by atoms with E-state index in [1.54, 1.807) is 13.0 Å². The van der Waals surface area contributed by atoms with Gasteiger partial charge in [-0.05, 0) is 32.9 Å². The number of rotatable bonds is 4. The molecule has 0 aliphatic heterocycles. The Balaban J connectivity index is 2.93. The van der Waals surface area contributed by atoms with Gasteiger partial charge in [-0.1, -0.05) is 29.3 Å². The van der Waals surface area contributed by atoms with Gasteiger partial charge in [-0.15, -0.1) is 0 Å². The first-order chi connectivity index (χ1) is 8.80. The van der Waals surface area contributed by atoms with E-state index in [1.165, 1.54) is 26.0 Å². The quantitative estimate of drug-likeness (QED) is 0.485. The molecule has 0 radical (unpaired) electrons. The maximum atomic E-state index is 12.0. The van der Waals surface area contributed by atoms with Crippen LogP contribution >= 0.6 is 23.2 Å². The van der Waals surface area contributed by atoms with Crippen LogP contribution in [0.3, 0.4) is 0 Å². The van der Waals surface area contributed by atoms with E-state index < -0.39 is 17.4 Å². The number of carbonyl (C=O) groups excluding carboxylic acids is 2. The molecule has 1 rings (SSSR count). The maximum absolute atomic E-state index is 12.0. The van der Waals surface area contributed by atoms with Gasteiger partial charge in [0, 0.05) is 0 Å². The second-order valence-corrected chi connectivity index (χ2v) is 5.10. The van der Waals surface area contributed by atoms with Crippen LogP contribution in [0.1, 0.15) is 20.8 Å². The van der Waals surface area contributed by atoms with Crippen molar-refractivity contribution in [3.8, 4) is 5.75 Å². The fourth-order valence-electron chi connectivity index (χ4n) is 1.20. The number of hydrogen-bond donors (Lipinski definition) is 0. The zero-order valence-corrected chi connectivity index (χ0v) is 12.3. The Morgan fingerprint density at radius 1 is 1.16 bits per heavy atom. The molecule has 0 aromatic heterocycles. The highest BCUT2D eigenvalue weighted by atomic mass is 35.5. The van der Waals surface area contributed by atoms with Gasteiger partial charge in [0.25, 0.3) is 0 Å². The van der Waals surface area contributed by atoms with Gasteiger partial charge >= 0.3 is 11.9 Å². The number of carbonyl (C=O) groups is 2. The average molecular weight is 305 g/mol. The van der Waals surface area contributed by atoms with Crippen LogP contribution in [0.15, 0.2) is 18.2 Å². The van der Waals surface area contributed by atoms with Crippen LogP contribution in [0.2, 0.25) is 10.0 Å². The molecule has 19 heavy (non-hydrogen) atoms. The summed E-state index contributed by atoms with van der Waals surface area (Å²) in [6.45, 7) is 4.67. The van der Waals surface area contributed by atoms with Gasteiger partial charge in [0.05, 0.1) is 16.7 Å². The summed E-state index contributed by atoms with van der Waals surface area (Å²) in [6, 6.07) is 4.69. The summed E-state index contributed by atoms with van der Waals surface area (Å²) in [5.41, 5.74) is -1.43.